The minimum absolute atomic E-state index is 0.0177. The molecule has 0 spiro atoms. The summed E-state index contributed by atoms with van der Waals surface area (Å²) in [5, 5.41) is 28.1. The first kappa shape index (κ1) is 10.4. The number of para-hydroxylation sites is 1. The number of thiol groups is 1. The van der Waals surface area contributed by atoms with E-state index in [0.29, 0.717) is 5.56 Å². The second kappa shape index (κ2) is 4.50. The van der Waals surface area contributed by atoms with Gasteiger partial charge in [0.15, 0.2) is 0 Å². The largest absolute Gasteiger partial charge is 0.508 e. The van der Waals surface area contributed by atoms with Crippen LogP contribution in [-0.2, 0) is 0 Å². The van der Waals surface area contributed by atoms with E-state index in [-0.39, 0.29) is 11.5 Å². The smallest absolute Gasteiger partial charge is 0.121 e. The summed E-state index contributed by atoms with van der Waals surface area (Å²) in [5.41, 5.74) is 0.323. The molecule has 3 nitrogen and oxygen atoms in total. The zero-order valence-corrected chi connectivity index (χ0v) is 7.85. The lowest BCUT2D eigenvalue weighted by molar-refractivity contribution is 0.0323. The lowest BCUT2D eigenvalue weighted by atomic mass is 10.0. The second-order valence-electron chi connectivity index (χ2n) is 2.75. The summed E-state index contributed by atoms with van der Waals surface area (Å²) < 4.78 is 0. The van der Waals surface area contributed by atoms with Gasteiger partial charge in [0.1, 0.15) is 11.9 Å². The average molecular weight is 200 g/mol. The summed E-state index contributed by atoms with van der Waals surface area (Å²) in [7, 11) is 0. The number of benzene rings is 1. The van der Waals surface area contributed by atoms with Crippen molar-refractivity contribution in [3.63, 3.8) is 0 Å². The molecule has 72 valence electrons. The number of phenolic OH excluding ortho intramolecular Hbond substituents is 1. The number of aliphatic hydroxyl groups excluding tert-OH is 2. The number of hydrogen-bond acceptors (Lipinski definition) is 4. The van der Waals surface area contributed by atoms with E-state index >= 15 is 0 Å². The molecule has 0 aliphatic carbocycles. The van der Waals surface area contributed by atoms with Crippen molar-refractivity contribution in [1.29, 1.82) is 0 Å². The molecule has 0 aliphatic rings. The lowest BCUT2D eigenvalue weighted by Crippen LogP contribution is -2.19. The molecule has 0 saturated carbocycles. The van der Waals surface area contributed by atoms with Crippen LogP contribution in [-0.4, -0.2) is 27.2 Å². The highest BCUT2D eigenvalue weighted by Gasteiger charge is 2.19. The van der Waals surface area contributed by atoms with Crippen LogP contribution in [0.2, 0.25) is 0 Å². The molecular weight excluding hydrogens is 188 g/mol. The van der Waals surface area contributed by atoms with Crippen molar-refractivity contribution in [2.75, 3.05) is 5.75 Å². The van der Waals surface area contributed by atoms with E-state index in [1.807, 2.05) is 0 Å². The monoisotopic (exact) mass is 200 g/mol. The van der Waals surface area contributed by atoms with Gasteiger partial charge in [0.05, 0.1) is 6.10 Å². The number of aliphatic hydroxyl groups is 2. The summed E-state index contributed by atoms with van der Waals surface area (Å²) in [6.45, 7) is 0. The molecule has 0 amide bonds. The van der Waals surface area contributed by atoms with Gasteiger partial charge in [0.25, 0.3) is 0 Å². The van der Waals surface area contributed by atoms with E-state index in [4.69, 9.17) is 0 Å². The molecule has 13 heavy (non-hydrogen) atoms. The highest BCUT2D eigenvalue weighted by Crippen LogP contribution is 2.25. The third-order valence-corrected chi connectivity index (χ3v) is 2.18. The van der Waals surface area contributed by atoms with Crippen molar-refractivity contribution in [3.05, 3.63) is 29.8 Å². The second-order valence-corrected chi connectivity index (χ2v) is 3.12. The zero-order valence-electron chi connectivity index (χ0n) is 6.96. The van der Waals surface area contributed by atoms with Crippen LogP contribution in [0.15, 0.2) is 24.3 Å². The van der Waals surface area contributed by atoms with Gasteiger partial charge in [0, 0.05) is 11.3 Å². The van der Waals surface area contributed by atoms with Gasteiger partial charge in [-0.2, -0.15) is 12.6 Å². The van der Waals surface area contributed by atoms with Crippen molar-refractivity contribution >= 4 is 12.6 Å². The van der Waals surface area contributed by atoms with Crippen LogP contribution < -0.4 is 0 Å². The van der Waals surface area contributed by atoms with Crippen LogP contribution in [0.3, 0.4) is 0 Å². The molecule has 1 rings (SSSR count). The molecule has 2 unspecified atom stereocenters. The van der Waals surface area contributed by atoms with Crippen LogP contribution >= 0.6 is 12.6 Å². The summed E-state index contributed by atoms with van der Waals surface area (Å²) in [4.78, 5) is 0. The van der Waals surface area contributed by atoms with E-state index < -0.39 is 12.2 Å². The third kappa shape index (κ3) is 2.37. The fourth-order valence-corrected chi connectivity index (χ4v) is 1.24. The van der Waals surface area contributed by atoms with Gasteiger partial charge in [-0.25, -0.2) is 0 Å². The Morgan fingerprint density at radius 1 is 1.23 bits per heavy atom. The van der Waals surface area contributed by atoms with Gasteiger partial charge >= 0.3 is 0 Å². The third-order valence-electron chi connectivity index (χ3n) is 1.81. The Balaban J connectivity index is 2.88. The van der Waals surface area contributed by atoms with Crippen LogP contribution in [0.1, 0.15) is 11.7 Å². The Labute approximate surface area is 82.1 Å². The molecule has 0 heterocycles. The molecule has 3 N–H and O–H groups in total. The van der Waals surface area contributed by atoms with Gasteiger partial charge in [-0.3, -0.25) is 0 Å². The van der Waals surface area contributed by atoms with Gasteiger partial charge < -0.3 is 15.3 Å². The number of phenols is 1. The fourth-order valence-electron chi connectivity index (χ4n) is 1.04. The first-order chi connectivity index (χ1) is 6.16. The van der Waals surface area contributed by atoms with E-state index in [1.165, 1.54) is 6.07 Å². The summed E-state index contributed by atoms with van der Waals surface area (Å²) in [6, 6.07) is 6.36. The SMILES string of the molecule is Oc1ccccc1C(O)C(O)CS. The maximum absolute atomic E-state index is 9.51. The molecule has 2 atom stereocenters. The molecule has 0 fully saturated rings. The van der Waals surface area contributed by atoms with Crippen molar-refractivity contribution < 1.29 is 15.3 Å². The summed E-state index contributed by atoms with van der Waals surface area (Å²) in [6.07, 6.45) is -2.05. The van der Waals surface area contributed by atoms with Crippen LogP contribution in [0.25, 0.3) is 0 Å². The van der Waals surface area contributed by atoms with E-state index in [1.54, 1.807) is 18.2 Å². The van der Waals surface area contributed by atoms with Crippen molar-refractivity contribution in [2.45, 2.75) is 12.2 Å². The Morgan fingerprint density at radius 2 is 1.85 bits per heavy atom. The van der Waals surface area contributed by atoms with Crippen LogP contribution in [0, 0.1) is 0 Å². The number of aromatic hydroxyl groups is 1. The molecule has 1 aromatic carbocycles. The maximum atomic E-state index is 9.51. The lowest BCUT2D eigenvalue weighted by Gasteiger charge is -2.16. The molecule has 4 heteroatoms. The van der Waals surface area contributed by atoms with E-state index in [9.17, 15) is 15.3 Å². The van der Waals surface area contributed by atoms with Crippen LogP contribution in [0.4, 0.5) is 0 Å². The Kier molecular flexibility index (Phi) is 3.59. The average Bonchev–Trinajstić information content (AvgIpc) is 2.16. The topological polar surface area (TPSA) is 60.7 Å². The molecular formula is C9H12O3S. The molecule has 0 aliphatic heterocycles. The predicted octanol–water partition coefficient (Wildman–Crippen LogP) is 0.716. The standard InChI is InChI=1S/C9H12O3S/c10-7-4-2-1-3-6(7)9(12)8(11)5-13/h1-4,8-13H,5H2. The molecule has 0 aromatic heterocycles. The fraction of sp³-hybridized carbons (Fsp3) is 0.333. The van der Waals surface area contributed by atoms with E-state index in [0.717, 1.165) is 0 Å². The van der Waals surface area contributed by atoms with Crippen LogP contribution in [0.5, 0.6) is 5.75 Å². The first-order valence-electron chi connectivity index (χ1n) is 3.91. The highest BCUT2D eigenvalue weighted by molar-refractivity contribution is 7.80. The van der Waals surface area contributed by atoms with Crippen molar-refractivity contribution in [1.82, 2.24) is 0 Å². The normalized spacial score (nSPS) is 15.3. The number of rotatable bonds is 3. The summed E-state index contributed by atoms with van der Waals surface area (Å²) >= 11 is 3.85. The van der Waals surface area contributed by atoms with E-state index in [2.05, 4.69) is 12.6 Å². The highest BCUT2D eigenvalue weighted by atomic mass is 32.1. The van der Waals surface area contributed by atoms with Gasteiger partial charge in [0.2, 0.25) is 0 Å². The van der Waals surface area contributed by atoms with Gasteiger partial charge in [-0.05, 0) is 6.07 Å². The zero-order chi connectivity index (χ0) is 9.84. The first-order valence-corrected chi connectivity index (χ1v) is 4.55. The minimum Gasteiger partial charge on any atom is -0.508 e. The van der Waals surface area contributed by atoms with Crippen molar-refractivity contribution in [3.8, 4) is 5.75 Å². The quantitative estimate of drug-likeness (QED) is 0.544. The maximum Gasteiger partial charge on any atom is 0.121 e. The predicted molar refractivity (Wildman–Crippen MR) is 52.9 cm³/mol. The van der Waals surface area contributed by atoms with Gasteiger partial charge in [-0.1, -0.05) is 18.2 Å². The van der Waals surface area contributed by atoms with Crippen molar-refractivity contribution in [2.24, 2.45) is 0 Å². The molecule has 0 radical (unpaired) electrons. The Hall–Kier alpha value is -0.710. The van der Waals surface area contributed by atoms with Gasteiger partial charge in [-0.15, -0.1) is 0 Å². The minimum atomic E-state index is -1.08. The molecule has 1 aromatic rings. The Morgan fingerprint density at radius 3 is 2.38 bits per heavy atom. The molecule has 0 bridgehead atoms. The molecule has 0 saturated heterocycles. The summed E-state index contributed by atoms with van der Waals surface area (Å²) in [5.74, 6) is 0.131. The Bertz CT molecular complexity index is 277. The number of hydrogen-bond donors (Lipinski definition) is 4.